The number of amides is 1. The largest absolute Gasteiger partial charge is 0.480 e. The average Bonchev–Trinajstić information content (AvgIpc) is 2.33. The highest BCUT2D eigenvalue weighted by Gasteiger charge is 2.35. The summed E-state index contributed by atoms with van der Waals surface area (Å²) in [5.41, 5.74) is 0. The van der Waals surface area contributed by atoms with Crippen molar-refractivity contribution in [3.05, 3.63) is 0 Å². The minimum absolute atomic E-state index is 0.0122. The van der Waals surface area contributed by atoms with Gasteiger partial charge in [0.1, 0.15) is 6.54 Å². The lowest BCUT2D eigenvalue weighted by Crippen LogP contribution is -2.55. The number of likely N-dealkylation sites (tertiary alicyclic amines) is 2. The van der Waals surface area contributed by atoms with Crippen molar-refractivity contribution in [3.63, 3.8) is 0 Å². The van der Waals surface area contributed by atoms with E-state index >= 15 is 0 Å². The third kappa shape index (κ3) is 3.02. The first-order valence-electron chi connectivity index (χ1n) is 6.82. The standard InChI is InChI=1S/C13H22N2O3/c1-10-4-7-14(8-5-10)11-3-2-6-15(13(11)18)9-12(16)17/h10-11H,2-9H2,1H3,(H,16,17). The molecule has 2 rings (SSSR count). The number of carboxylic acid groups (broad SMARTS) is 1. The van der Waals surface area contributed by atoms with Gasteiger partial charge in [0.2, 0.25) is 5.91 Å². The van der Waals surface area contributed by atoms with Gasteiger partial charge in [0, 0.05) is 6.54 Å². The highest BCUT2D eigenvalue weighted by Crippen LogP contribution is 2.23. The van der Waals surface area contributed by atoms with E-state index in [4.69, 9.17) is 5.11 Å². The molecular formula is C13H22N2O3. The Morgan fingerprint density at radius 2 is 1.94 bits per heavy atom. The molecule has 2 heterocycles. The van der Waals surface area contributed by atoms with E-state index in [1.54, 1.807) is 0 Å². The van der Waals surface area contributed by atoms with Gasteiger partial charge in [-0.15, -0.1) is 0 Å². The number of carboxylic acids is 1. The van der Waals surface area contributed by atoms with Crippen LogP contribution in [0.4, 0.5) is 0 Å². The van der Waals surface area contributed by atoms with Gasteiger partial charge >= 0.3 is 5.97 Å². The van der Waals surface area contributed by atoms with Crippen molar-refractivity contribution in [2.24, 2.45) is 5.92 Å². The fourth-order valence-electron chi connectivity index (χ4n) is 2.92. The molecule has 0 aromatic heterocycles. The molecule has 18 heavy (non-hydrogen) atoms. The molecule has 1 amide bonds. The van der Waals surface area contributed by atoms with Gasteiger partial charge in [-0.3, -0.25) is 14.5 Å². The summed E-state index contributed by atoms with van der Waals surface area (Å²) in [6, 6.07) is -0.0781. The predicted octanol–water partition coefficient (Wildman–Crippen LogP) is 0.794. The number of nitrogens with zero attached hydrogens (tertiary/aromatic N) is 2. The molecule has 2 aliphatic rings. The van der Waals surface area contributed by atoms with Crippen LogP contribution in [-0.4, -0.2) is 59.0 Å². The van der Waals surface area contributed by atoms with Crippen molar-refractivity contribution in [2.45, 2.75) is 38.6 Å². The van der Waals surface area contributed by atoms with Crippen LogP contribution in [0.15, 0.2) is 0 Å². The number of piperidine rings is 2. The molecule has 102 valence electrons. The normalized spacial score (nSPS) is 27.5. The Labute approximate surface area is 108 Å². The molecule has 0 radical (unpaired) electrons. The van der Waals surface area contributed by atoms with Crippen LogP contribution in [0, 0.1) is 5.92 Å². The maximum atomic E-state index is 12.3. The van der Waals surface area contributed by atoms with Crippen LogP contribution in [0.2, 0.25) is 0 Å². The van der Waals surface area contributed by atoms with Crippen LogP contribution >= 0.6 is 0 Å². The first kappa shape index (κ1) is 13.3. The minimum atomic E-state index is -0.920. The van der Waals surface area contributed by atoms with Gasteiger partial charge in [0.05, 0.1) is 6.04 Å². The van der Waals surface area contributed by atoms with Crippen molar-refractivity contribution in [1.82, 2.24) is 9.80 Å². The molecule has 0 aliphatic carbocycles. The van der Waals surface area contributed by atoms with E-state index in [-0.39, 0.29) is 18.5 Å². The van der Waals surface area contributed by atoms with Gasteiger partial charge in [-0.2, -0.15) is 0 Å². The van der Waals surface area contributed by atoms with E-state index in [0.717, 1.165) is 44.7 Å². The Hall–Kier alpha value is -1.10. The quantitative estimate of drug-likeness (QED) is 0.809. The van der Waals surface area contributed by atoms with Crippen LogP contribution in [-0.2, 0) is 9.59 Å². The molecule has 1 N–H and O–H groups in total. The summed E-state index contributed by atoms with van der Waals surface area (Å²) in [6.45, 7) is 4.62. The van der Waals surface area contributed by atoms with Gasteiger partial charge in [-0.05, 0) is 44.7 Å². The monoisotopic (exact) mass is 254 g/mol. The molecule has 2 fully saturated rings. The summed E-state index contributed by atoms with van der Waals surface area (Å²) >= 11 is 0. The third-order valence-corrected chi connectivity index (χ3v) is 4.09. The Balaban J connectivity index is 1.95. The SMILES string of the molecule is CC1CCN(C2CCCN(CC(=O)O)C2=O)CC1. The van der Waals surface area contributed by atoms with Gasteiger partial charge in [0.25, 0.3) is 0 Å². The van der Waals surface area contributed by atoms with Crippen LogP contribution in [0.3, 0.4) is 0 Å². The van der Waals surface area contributed by atoms with Gasteiger partial charge in [-0.1, -0.05) is 6.92 Å². The number of hydrogen-bond acceptors (Lipinski definition) is 3. The van der Waals surface area contributed by atoms with E-state index in [0.29, 0.717) is 6.54 Å². The summed E-state index contributed by atoms with van der Waals surface area (Å²) < 4.78 is 0. The van der Waals surface area contributed by atoms with Crippen LogP contribution in [0.1, 0.15) is 32.6 Å². The van der Waals surface area contributed by atoms with Gasteiger partial charge < -0.3 is 10.0 Å². The maximum absolute atomic E-state index is 12.3. The third-order valence-electron chi connectivity index (χ3n) is 4.09. The van der Waals surface area contributed by atoms with E-state index < -0.39 is 5.97 Å². The molecule has 0 saturated carbocycles. The molecule has 1 unspecified atom stereocenters. The molecule has 0 aromatic rings. The van der Waals surface area contributed by atoms with Crippen molar-refractivity contribution in [1.29, 1.82) is 0 Å². The average molecular weight is 254 g/mol. The number of aliphatic carboxylic acids is 1. The molecule has 0 spiro atoms. The Morgan fingerprint density at radius 3 is 2.56 bits per heavy atom. The Morgan fingerprint density at radius 1 is 1.28 bits per heavy atom. The van der Waals surface area contributed by atoms with E-state index in [9.17, 15) is 9.59 Å². The lowest BCUT2D eigenvalue weighted by molar-refractivity contribution is -0.149. The molecule has 5 heteroatoms. The second-order valence-corrected chi connectivity index (χ2v) is 5.53. The van der Waals surface area contributed by atoms with Gasteiger partial charge in [0.15, 0.2) is 0 Å². The van der Waals surface area contributed by atoms with Crippen molar-refractivity contribution < 1.29 is 14.7 Å². The zero-order valence-corrected chi connectivity index (χ0v) is 11.0. The Bertz CT molecular complexity index is 324. The van der Waals surface area contributed by atoms with Gasteiger partial charge in [-0.25, -0.2) is 0 Å². The van der Waals surface area contributed by atoms with Crippen LogP contribution < -0.4 is 0 Å². The van der Waals surface area contributed by atoms with Crippen molar-refractivity contribution in [3.8, 4) is 0 Å². The summed E-state index contributed by atoms with van der Waals surface area (Å²) in [6.07, 6.45) is 4.07. The molecule has 1 atom stereocenters. The second-order valence-electron chi connectivity index (χ2n) is 5.53. The van der Waals surface area contributed by atoms with E-state index in [2.05, 4.69) is 11.8 Å². The highest BCUT2D eigenvalue weighted by atomic mass is 16.4. The lowest BCUT2D eigenvalue weighted by atomic mass is 9.95. The smallest absolute Gasteiger partial charge is 0.323 e. The first-order chi connectivity index (χ1) is 8.58. The summed E-state index contributed by atoms with van der Waals surface area (Å²) in [7, 11) is 0. The summed E-state index contributed by atoms with van der Waals surface area (Å²) in [5.74, 6) is -0.162. The van der Waals surface area contributed by atoms with Crippen molar-refractivity contribution in [2.75, 3.05) is 26.2 Å². The molecule has 0 aromatic carbocycles. The number of carbonyl (C=O) groups is 2. The van der Waals surface area contributed by atoms with E-state index in [1.165, 1.54) is 4.90 Å². The van der Waals surface area contributed by atoms with Crippen molar-refractivity contribution >= 4 is 11.9 Å². The Kier molecular flexibility index (Phi) is 4.22. The summed E-state index contributed by atoms with van der Waals surface area (Å²) in [5, 5.41) is 8.81. The molecule has 2 aliphatic heterocycles. The zero-order valence-electron chi connectivity index (χ0n) is 11.0. The predicted molar refractivity (Wildman–Crippen MR) is 67.2 cm³/mol. The number of carbonyl (C=O) groups excluding carboxylic acids is 1. The topological polar surface area (TPSA) is 60.9 Å². The van der Waals surface area contributed by atoms with Crippen LogP contribution in [0.25, 0.3) is 0 Å². The molecule has 0 bridgehead atoms. The summed E-state index contributed by atoms with van der Waals surface area (Å²) in [4.78, 5) is 26.7. The fourth-order valence-corrected chi connectivity index (χ4v) is 2.92. The molecule has 5 nitrogen and oxygen atoms in total. The van der Waals surface area contributed by atoms with Crippen LogP contribution in [0.5, 0.6) is 0 Å². The zero-order chi connectivity index (χ0) is 13.1. The first-order valence-corrected chi connectivity index (χ1v) is 6.82. The highest BCUT2D eigenvalue weighted by molar-refractivity contribution is 5.86. The van der Waals surface area contributed by atoms with E-state index in [1.807, 2.05) is 0 Å². The molecular weight excluding hydrogens is 232 g/mol. The number of rotatable bonds is 3. The number of hydrogen-bond donors (Lipinski definition) is 1. The fraction of sp³-hybridized carbons (Fsp3) is 0.846. The molecule has 2 saturated heterocycles. The minimum Gasteiger partial charge on any atom is -0.480 e. The second kappa shape index (κ2) is 5.69. The lowest BCUT2D eigenvalue weighted by Gasteiger charge is -2.40. The maximum Gasteiger partial charge on any atom is 0.323 e.